The monoisotopic (exact) mass is 341 g/mol. The first-order valence-electron chi connectivity index (χ1n) is 5.31. The van der Waals surface area contributed by atoms with Crippen LogP contribution in [0.5, 0.6) is 0 Å². The SMILES string of the molecule is CSC(C)(C)CNc1cc(Br)ccc1C(F)(F)F. The van der Waals surface area contributed by atoms with Crippen LogP contribution in [0.3, 0.4) is 0 Å². The third-order valence-electron chi connectivity index (χ3n) is 2.54. The number of halogens is 4. The Labute approximate surface area is 118 Å². The summed E-state index contributed by atoms with van der Waals surface area (Å²) in [5.74, 6) is 0. The van der Waals surface area contributed by atoms with Crippen molar-refractivity contribution >= 4 is 33.4 Å². The van der Waals surface area contributed by atoms with Crippen molar-refractivity contribution in [1.82, 2.24) is 0 Å². The summed E-state index contributed by atoms with van der Waals surface area (Å²) in [5, 5.41) is 2.88. The van der Waals surface area contributed by atoms with Crippen LogP contribution in [-0.2, 0) is 6.18 Å². The quantitative estimate of drug-likeness (QED) is 0.824. The predicted octanol–water partition coefficient (Wildman–Crippen LogP) is 5.02. The van der Waals surface area contributed by atoms with Gasteiger partial charge in [0.1, 0.15) is 0 Å². The molecule has 1 aromatic carbocycles. The van der Waals surface area contributed by atoms with Gasteiger partial charge in [-0.2, -0.15) is 24.9 Å². The number of rotatable bonds is 4. The zero-order valence-electron chi connectivity index (χ0n) is 10.4. The zero-order valence-corrected chi connectivity index (χ0v) is 12.8. The van der Waals surface area contributed by atoms with Crippen LogP contribution >= 0.6 is 27.7 Å². The number of benzene rings is 1. The Morgan fingerprint density at radius 1 is 1.28 bits per heavy atom. The Bertz CT molecular complexity index is 418. The fourth-order valence-electron chi connectivity index (χ4n) is 1.29. The molecule has 0 unspecified atom stereocenters. The van der Waals surface area contributed by atoms with E-state index in [1.165, 1.54) is 12.1 Å². The van der Waals surface area contributed by atoms with Crippen molar-refractivity contribution in [3.63, 3.8) is 0 Å². The van der Waals surface area contributed by atoms with E-state index in [0.29, 0.717) is 11.0 Å². The summed E-state index contributed by atoms with van der Waals surface area (Å²) in [4.78, 5) is 0. The molecule has 0 aromatic heterocycles. The maximum Gasteiger partial charge on any atom is 0.418 e. The second kappa shape index (κ2) is 5.74. The average Bonchev–Trinajstić information content (AvgIpc) is 2.25. The van der Waals surface area contributed by atoms with Crippen LogP contribution in [0, 0.1) is 0 Å². The Morgan fingerprint density at radius 3 is 2.39 bits per heavy atom. The summed E-state index contributed by atoms with van der Waals surface area (Å²) in [6.45, 7) is 4.43. The van der Waals surface area contributed by atoms with E-state index in [-0.39, 0.29) is 10.4 Å². The number of thioether (sulfide) groups is 1. The number of alkyl halides is 3. The van der Waals surface area contributed by atoms with Gasteiger partial charge in [0.15, 0.2) is 0 Å². The molecule has 0 aliphatic rings. The summed E-state index contributed by atoms with van der Waals surface area (Å²) in [7, 11) is 0. The minimum atomic E-state index is -4.34. The van der Waals surface area contributed by atoms with E-state index in [1.807, 2.05) is 20.1 Å². The molecule has 0 atom stereocenters. The molecule has 1 N–H and O–H groups in total. The zero-order chi connectivity index (χ0) is 14.0. The van der Waals surface area contributed by atoms with Gasteiger partial charge in [-0.05, 0) is 38.3 Å². The van der Waals surface area contributed by atoms with Crippen molar-refractivity contribution < 1.29 is 13.2 Å². The lowest BCUT2D eigenvalue weighted by Crippen LogP contribution is -2.26. The van der Waals surface area contributed by atoms with Crippen molar-refractivity contribution in [3.8, 4) is 0 Å². The largest absolute Gasteiger partial charge is 0.418 e. The van der Waals surface area contributed by atoms with Gasteiger partial charge >= 0.3 is 6.18 Å². The molecule has 6 heteroatoms. The molecular weight excluding hydrogens is 327 g/mol. The lowest BCUT2D eigenvalue weighted by atomic mass is 10.1. The van der Waals surface area contributed by atoms with Gasteiger partial charge < -0.3 is 5.32 Å². The van der Waals surface area contributed by atoms with E-state index in [0.717, 1.165) is 6.07 Å². The maximum absolute atomic E-state index is 12.8. The van der Waals surface area contributed by atoms with E-state index < -0.39 is 11.7 Å². The van der Waals surface area contributed by atoms with E-state index in [9.17, 15) is 13.2 Å². The standard InChI is InChI=1S/C12H15BrF3NS/c1-11(2,18-3)7-17-10-6-8(13)4-5-9(10)12(14,15)16/h4-6,17H,7H2,1-3H3. The van der Waals surface area contributed by atoms with Crippen LogP contribution < -0.4 is 5.32 Å². The van der Waals surface area contributed by atoms with Gasteiger partial charge in [-0.15, -0.1) is 0 Å². The summed E-state index contributed by atoms with van der Waals surface area (Å²) in [6, 6.07) is 3.94. The summed E-state index contributed by atoms with van der Waals surface area (Å²) < 4.78 is 39.0. The minimum Gasteiger partial charge on any atom is -0.383 e. The first kappa shape index (κ1) is 15.7. The Kier molecular flexibility index (Phi) is 5.00. The normalized spacial score (nSPS) is 12.6. The van der Waals surface area contributed by atoms with E-state index in [1.54, 1.807) is 11.8 Å². The van der Waals surface area contributed by atoms with Gasteiger partial charge in [-0.25, -0.2) is 0 Å². The third-order valence-corrected chi connectivity index (χ3v) is 4.29. The molecule has 18 heavy (non-hydrogen) atoms. The molecule has 1 rings (SSSR count). The van der Waals surface area contributed by atoms with Gasteiger partial charge in [0.2, 0.25) is 0 Å². The highest BCUT2D eigenvalue weighted by Crippen LogP contribution is 2.36. The van der Waals surface area contributed by atoms with Crippen LogP contribution in [0.1, 0.15) is 19.4 Å². The maximum atomic E-state index is 12.8. The van der Waals surface area contributed by atoms with Crippen molar-refractivity contribution in [2.75, 3.05) is 18.1 Å². The fourth-order valence-corrected chi connectivity index (χ4v) is 1.87. The summed E-state index contributed by atoms with van der Waals surface area (Å²) >= 11 is 4.80. The molecule has 0 fully saturated rings. The number of hydrogen-bond donors (Lipinski definition) is 1. The Morgan fingerprint density at radius 2 is 1.89 bits per heavy atom. The molecule has 0 heterocycles. The van der Waals surface area contributed by atoms with Gasteiger partial charge in [0.25, 0.3) is 0 Å². The van der Waals surface area contributed by atoms with Crippen LogP contribution in [0.15, 0.2) is 22.7 Å². The summed E-state index contributed by atoms with van der Waals surface area (Å²) in [5.41, 5.74) is -0.526. The smallest absolute Gasteiger partial charge is 0.383 e. The van der Waals surface area contributed by atoms with Crippen LogP contribution in [0.2, 0.25) is 0 Å². The average molecular weight is 342 g/mol. The molecule has 1 nitrogen and oxygen atoms in total. The first-order valence-corrected chi connectivity index (χ1v) is 7.33. The number of nitrogens with one attached hydrogen (secondary N) is 1. The highest BCUT2D eigenvalue weighted by Gasteiger charge is 2.33. The Hall–Kier alpha value is -0.360. The van der Waals surface area contributed by atoms with E-state index in [2.05, 4.69) is 21.2 Å². The minimum absolute atomic E-state index is 0.110. The highest BCUT2D eigenvalue weighted by molar-refractivity contribution is 9.10. The number of hydrogen-bond acceptors (Lipinski definition) is 2. The van der Waals surface area contributed by atoms with Crippen molar-refractivity contribution in [3.05, 3.63) is 28.2 Å². The molecule has 0 spiro atoms. The van der Waals surface area contributed by atoms with Crippen LogP contribution in [0.25, 0.3) is 0 Å². The molecule has 0 saturated carbocycles. The molecular formula is C12H15BrF3NS. The van der Waals surface area contributed by atoms with Gasteiger partial charge in [0, 0.05) is 21.5 Å². The van der Waals surface area contributed by atoms with Gasteiger partial charge in [0.05, 0.1) is 5.56 Å². The predicted molar refractivity (Wildman–Crippen MR) is 75.2 cm³/mol. The van der Waals surface area contributed by atoms with Crippen molar-refractivity contribution in [2.45, 2.75) is 24.8 Å². The third kappa shape index (κ3) is 4.39. The second-order valence-electron chi connectivity index (χ2n) is 4.51. The van der Waals surface area contributed by atoms with Crippen LogP contribution in [0.4, 0.5) is 18.9 Å². The lowest BCUT2D eigenvalue weighted by molar-refractivity contribution is -0.137. The van der Waals surface area contributed by atoms with Crippen molar-refractivity contribution in [2.24, 2.45) is 0 Å². The fraction of sp³-hybridized carbons (Fsp3) is 0.500. The molecule has 0 aliphatic heterocycles. The van der Waals surface area contributed by atoms with E-state index in [4.69, 9.17) is 0 Å². The topological polar surface area (TPSA) is 12.0 Å². The molecule has 102 valence electrons. The van der Waals surface area contributed by atoms with Gasteiger partial charge in [-0.1, -0.05) is 15.9 Å². The van der Waals surface area contributed by atoms with Crippen molar-refractivity contribution in [1.29, 1.82) is 0 Å². The first-order chi connectivity index (χ1) is 8.15. The van der Waals surface area contributed by atoms with Crippen LogP contribution in [-0.4, -0.2) is 17.5 Å². The summed E-state index contributed by atoms with van der Waals surface area (Å²) in [6.07, 6.45) is -2.40. The molecule has 0 aliphatic carbocycles. The number of anilines is 1. The molecule has 0 radical (unpaired) electrons. The van der Waals surface area contributed by atoms with E-state index >= 15 is 0 Å². The van der Waals surface area contributed by atoms with Gasteiger partial charge in [-0.3, -0.25) is 0 Å². The molecule has 0 saturated heterocycles. The molecule has 1 aromatic rings. The molecule has 0 amide bonds. The second-order valence-corrected chi connectivity index (χ2v) is 6.93. The molecule has 0 bridgehead atoms. The highest BCUT2D eigenvalue weighted by atomic mass is 79.9. The Balaban J connectivity index is 2.97. The lowest BCUT2D eigenvalue weighted by Gasteiger charge is -2.24.